The second-order valence-electron chi connectivity index (χ2n) is 2.00. The Kier molecular flexibility index (Phi) is 3.17. The van der Waals surface area contributed by atoms with E-state index >= 15 is 0 Å². The summed E-state index contributed by atoms with van der Waals surface area (Å²) in [5.74, 6) is -1.49. The fraction of sp³-hybridized carbons (Fsp3) is 0.167. The van der Waals surface area contributed by atoms with Gasteiger partial charge in [0.2, 0.25) is 0 Å². The van der Waals surface area contributed by atoms with E-state index < -0.39 is 26.9 Å². The minimum atomic E-state index is -4.46. The summed E-state index contributed by atoms with van der Waals surface area (Å²) in [6.45, 7) is 6.05. The van der Waals surface area contributed by atoms with Crippen LogP contribution in [0, 0.1) is 0 Å². The molecular weight excluding hydrogens is 184 g/mol. The number of rotatable bonds is 4. The molecule has 0 saturated heterocycles. The number of carboxylic acids is 1. The van der Waals surface area contributed by atoms with Crippen LogP contribution in [0.25, 0.3) is 0 Å². The van der Waals surface area contributed by atoms with Crippen molar-refractivity contribution in [2.24, 2.45) is 0 Å². The molecule has 0 heterocycles. The van der Waals surface area contributed by atoms with Gasteiger partial charge in [0.05, 0.1) is 5.57 Å². The molecule has 0 aliphatic carbocycles. The van der Waals surface area contributed by atoms with Crippen molar-refractivity contribution in [1.29, 1.82) is 0 Å². The summed E-state index contributed by atoms with van der Waals surface area (Å²) in [4.78, 5) is 10.2. The van der Waals surface area contributed by atoms with Crippen LogP contribution in [-0.2, 0) is 14.9 Å². The zero-order valence-corrected chi connectivity index (χ0v) is 6.91. The third-order valence-corrected chi connectivity index (χ3v) is 2.27. The van der Waals surface area contributed by atoms with E-state index in [9.17, 15) is 13.2 Å². The molecule has 5 nitrogen and oxygen atoms in total. The lowest BCUT2D eigenvalue weighted by Crippen LogP contribution is -2.24. The lowest BCUT2D eigenvalue weighted by molar-refractivity contribution is -0.132. The van der Waals surface area contributed by atoms with Gasteiger partial charge >= 0.3 is 5.97 Å². The molecule has 0 aliphatic rings. The normalized spacial score (nSPS) is 13.4. The first-order valence-electron chi connectivity index (χ1n) is 2.81. The van der Waals surface area contributed by atoms with Crippen molar-refractivity contribution in [3.8, 4) is 0 Å². The molecule has 2 N–H and O–H groups in total. The summed E-state index contributed by atoms with van der Waals surface area (Å²) in [6.07, 6.45) is 0.797. The Morgan fingerprint density at radius 3 is 2.00 bits per heavy atom. The predicted molar refractivity (Wildman–Crippen MR) is 42.3 cm³/mol. The van der Waals surface area contributed by atoms with Gasteiger partial charge in [0.15, 0.2) is 0 Å². The second kappa shape index (κ2) is 3.51. The molecule has 12 heavy (non-hydrogen) atoms. The monoisotopic (exact) mass is 192 g/mol. The third-order valence-electron chi connectivity index (χ3n) is 1.15. The van der Waals surface area contributed by atoms with Crippen molar-refractivity contribution in [2.45, 2.75) is 5.25 Å². The second-order valence-corrected chi connectivity index (χ2v) is 3.54. The molecule has 0 radical (unpaired) electrons. The van der Waals surface area contributed by atoms with Crippen molar-refractivity contribution in [2.75, 3.05) is 0 Å². The number of hydrogen-bond acceptors (Lipinski definition) is 3. The van der Waals surface area contributed by atoms with Crippen molar-refractivity contribution in [3.05, 3.63) is 24.8 Å². The summed E-state index contributed by atoms with van der Waals surface area (Å²) in [5, 5.41) is 6.68. The van der Waals surface area contributed by atoms with Gasteiger partial charge in [-0.25, -0.2) is 4.79 Å². The zero-order valence-electron chi connectivity index (χ0n) is 6.10. The number of carbonyl (C=O) groups is 1. The summed E-state index contributed by atoms with van der Waals surface area (Å²) in [5.41, 5.74) is -0.632. The first kappa shape index (κ1) is 10.9. The molecule has 6 heteroatoms. The summed E-state index contributed by atoms with van der Waals surface area (Å²) in [7, 11) is -4.46. The molecule has 1 unspecified atom stereocenters. The van der Waals surface area contributed by atoms with Gasteiger partial charge in [-0.2, -0.15) is 8.42 Å². The van der Waals surface area contributed by atoms with Gasteiger partial charge in [0.1, 0.15) is 5.25 Å². The highest BCUT2D eigenvalue weighted by Gasteiger charge is 2.26. The fourth-order valence-corrected chi connectivity index (χ4v) is 1.27. The molecule has 0 aromatic heterocycles. The van der Waals surface area contributed by atoms with Gasteiger partial charge in [-0.3, -0.25) is 4.55 Å². The van der Waals surface area contributed by atoms with Gasteiger partial charge < -0.3 is 5.11 Å². The van der Waals surface area contributed by atoms with Crippen LogP contribution in [0.3, 0.4) is 0 Å². The largest absolute Gasteiger partial charge is 0.478 e. The first-order valence-corrected chi connectivity index (χ1v) is 4.32. The molecule has 0 aromatic rings. The standard InChI is InChI=1S/C6H8O5S/c1-3-5(12(9,10)11)4(2)6(7)8/h3,5H,1-2H2,(H,7,8)(H,9,10,11). The summed E-state index contributed by atoms with van der Waals surface area (Å²) < 4.78 is 29.4. The van der Waals surface area contributed by atoms with Crippen molar-refractivity contribution >= 4 is 16.1 Å². The SMILES string of the molecule is C=CC(C(=C)C(=O)O)S(=O)(=O)O. The van der Waals surface area contributed by atoms with Crippen LogP contribution in [0.15, 0.2) is 24.8 Å². The van der Waals surface area contributed by atoms with Crippen LogP contribution in [0.4, 0.5) is 0 Å². The number of carboxylic acid groups (broad SMARTS) is 1. The van der Waals surface area contributed by atoms with E-state index in [1.807, 2.05) is 0 Å². The lowest BCUT2D eigenvalue weighted by atomic mass is 10.2. The molecule has 0 spiro atoms. The van der Waals surface area contributed by atoms with Crippen LogP contribution in [0.2, 0.25) is 0 Å². The highest BCUT2D eigenvalue weighted by Crippen LogP contribution is 2.10. The molecule has 0 saturated carbocycles. The van der Waals surface area contributed by atoms with Gasteiger partial charge in [-0.1, -0.05) is 12.7 Å². The van der Waals surface area contributed by atoms with E-state index in [2.05, 4.69) is 13.2 Å². The maximum Gasteiger partial charge on any atom is 0.332 e. The van der Waals surface area contributed by atoms with E-state index in [0.717, 1.165) is 6.08 Å². The smallest absolute Gasteiger partial charge is 0.332 e. The minimum Gasteiger partial charge on any atom is -0.478 e. The van der Waals surface area contributed by atoms with E-state index in [1.54, 1.807) is 0 Å². The topological polar surface area (TPSA) is 91.7 Å². The van der Waals surface area contributed by atoms with E-state index in [0.29, 0.717) is 0 Å². The number of aliphatic carboxylic acids is 1. The first-order chi connectivity index (χ1) is 5.30. The van der Waals surface area contributed by atoms with Gasteiger partial charge in [-0.05, 0) is 0 Å². The van der Waals surface area contributed by atoms with Crippen LogP contribution >= 0.6 is 0 Å². The van der Waals surface area contributed by atoms with E-state index in [4.69, 9.17) is 9.66 Å². The fourth-order valence-electron chi connectivity index (χ4n) is 0.565. The van der Waals surface area contributed by atoms with E-state index in [-0.39, 0.29) is 0 Å². The zero-order chi connectivity index (χ0) is 9.94. The molecular formula is C6H8O5S. The van der Waals surface area contributed by atoms with Gasteiger partial charge in [0.25, 0.3) is 10.1 Å². The molecule has 0 fully saturated rings. The maximum atomic E-state index is 10.5. The Labute approximate surface area is 69.8 Å². The molecule has 68 valence electrons. The molecule has 0 bridgehead atoms. The molecule has 0 rings (SSSR count). The van der Waals surface area contributed by atoms with Crippen LogP contribution in [-0.4, -0.2) is 29.3 Å². The Morgan fingerprint density at radius 2 is 1.92 bits per heavy atom. The summed E-state index contributed by atoms with van der Waals surface area (Å²) in [6, 6.07) is 0. The van der Waals surface area contributed by atoms with Crippen LogP contribution in [0.1, 0.15) is 0 Å². The average Bonchev–Trinajstić information content (AvgIpc) is 1.85. The van der Waals surface area contributed by atoms with Crippen molar-refractivity contribution in [1.82, 2.24) is 0 Å². The Bertz CT molecular complexity index is 313. The Balaban J connectivity index is 4.96. The quantitative estimate of drug-likeness (QED) is 0.373. The summed E-state index contributed by atoms with van der Waals surface area (Å²) >= 11 is 0. The van der Waals surface area contributed by atoms with Crippen LogP contribution < -0.4 is 0 Å². The lowest BCUT2D eigenvalue weighted by Gasteiger charge is -2.07. The highest BCUT2D eigenvalue weighted by atomic mass is 32.2. The highest BCUT2D eigenvalue weighted by molar-refractivity contribution is 7.86. The van der Waals surface area contributed by atoms with Crippen LogP contribution in [0.5, 0.6) is 0 Å². The molecule has 1 atom stereocenters. The minimum absolute atomic E-state index is 0.632. The maximum absolute atomic E-state index is 10.5. The van der Waals surface area contributed by atoms with Gasteiger partial charge in [-0.15, -0.1) is 6.58 Å². The molecule has 0 aromatic carbocycles. The van der Waals surface area contributed by atoms with Crippen molar-refractivity contribution < 1.29 is 22.9 Å². The van der Waals surface area contributed by atoms with Crippen molar-refractivity contribution in [3.63, 3.8) is 0 Å². The molecule has 0 amide bonds. The third kappa shape index (κ3) is 2.48. The predicted octanol–water partition coefficient (Wildman–Crippen LogP) is 0.0696. The van der Waals surface area contributed by atoms with E-state index in [1.165, 1.54) is 0 Å². The average molecular weight is 192 g/mol. The number of hydrogen-bond donors (Lipinski definition) is 2. The van der Waals surface area contributed by atoms with Gasteiger partial charge in [0, 0.05) is 0 Å². The molecule has 0 aliphatic heterocycles. The Morgan fingerprint density at radius 1 is 1.50 bits per heavy atom. The Hall–Kier alpha value is -1.14.